The van der Waals surface area contributed by atoms with Crippen LogP contribution in [0.15, 0.2) is 35.2 Å². The average Bonchev–Trinajstić information content (AvgIpc) is 2.41. The van der Waals surface area contributed by atoms with Crippen LogP contribution in [0, 0.1) is 5.92 Å². The van der Waals surface area contributed by atoms with Gasteiger partial charge < -0.3 is 4.74 Å². The molecule has 2 nitrogen and oxygen atoms in total. The van der Waals surface area contributed by atoms with Crippen molar-refractivity contribution in [3.05, 3.63) is 30.3 Å². The summed E-state index contributed by atoms with van der Waals surface area (Å²) >= 11 is 1.80. The number of carbonyl (C=O) groups excluding carboxylic acids is 1. The predicted molar refractivity (Wildman–Crippen MR) is 81.4 cm³/mol. The van der Waals surface area contributed by atoms with Crippen molar-refractivity contribution in [2.45, 2.75) is 50.2 Å². The Labute approximate surface area is 120 Å². The molecule has 1 aromatic carbocycles. The molecule has 0 fully saturated rings. The summed E-state index contributed by atoms with van der Waals surface area (Å²) in [5.74, 6) is -0.0583. The van der Waals surface area contributed by atoms with E-state index in [1.54, 1.807) is 11.8 Å². The van der Waals surface area contributed by atoms with E-state index in [9.17, 15) is 4.79 Å². The van der Waals surface area contributed by atoms with Crippen molar-refractivity contribution >= 4 is 17.7 Å². The third kappa shape index (κ3) is 5.27. The molecule has 0 heterocycles. The first kappa shape index (κ1) is 16.1. The van der Waals surface area contributed by atoms with Crippen molar-refractivity contribution in [1.82, 2.24) is 0 Å². The van der Waals surface area contributed by atoms with E-state index in [1.165, 1.54) is 4.90 Å². The molecule has 3 heteroatoms. The van der Waals surface area contributed by atoms with Gasteiger partial charge in [0.1, 0.15) is 0 Å². The second-order valence-corrected chi connectivity index (χ2v) is 5.84. The molecule has 0 saturated heterocycles. The maximum absolute atomic E-state index is 12.0. The molecule has 1 rings (SSSR count). The minimum atomic E-state index is -0.0492. The Hall–Kier alpha value is -0.960. The molecule has 0 bridgehead atoms. The van der Waals surface area contributed by atoms with E-state index < -0.39 is 0 Å². The lowest BCUT2D eigenvalue weighted by Gasteiger charge is -2.24. The lowest BCUT2D eigenvalue weighted by atomic mass is 9.99. The second kappa shape index (κ2) is 9.03. The SMILES string of the molecule is CCCC(Sc1ccccc1)C(CC)C(=O)OCC. The van der Waals surface area contributed by atoms with E-state index in [2.05, 4.69) is 26.0 Å². The van der Waals surface area contributed by atoms with Crippen molar-refractivity contribution < 1.29 is 9.53 Å². The Morgan fingerprint density at radius 2 is 1.89 bits per heavy atom. The van der Waals surface area contributed by atoms with Crippen LogP contribution in [0.4, 0.5) is 0 Å². The molecule has 0 amide bonds. The highest BCUT2D eigenvalue weighted by molar-refractivity contribution is 8.00. The maximum atomic E-state index is 12.0. The van der Waals surface area contributed by atoms with Crippen LogP contribution in [0.1, 0.15) is 40.0 Å². The monoisotopic (exact) mass is 280 g/mol. The number of hydrogen-bond acceptors (Lipinski definition) is 3. The molecule has 0 aliphatic rings. The molecule has 0 N–H and O–H groups in total. The molecule has 0 aliphatic heterocycles. The summed E-state index contributed by atoms with van der Waals surface area (Å²) < 4.78 is 5.21. The topological polar surface area (TPSA) is 26.3 Å². The number of ether oxygens (including phenoxy) is 1. The van der Waals surface area contributed by atoms with Crippen molar-refractivity contribution in [3.63, 3.8) is 0 Å². The van der Waals surface area contributed by atoms with Crippen molar-refractivity contribution in [2.24, 2.45) is 5.92 Å². The molecule has 2 atom stereocenters. The molecular formula is C16H24O2S. The molecule has 2 unspecified atom stereocenters. The quantitative estimate of drug-likeness (QED) is 0.516. The minimum Gasteiger partial charge on any atom is -0.466 e. The fraction of sp³-hybridized carbons (Fsp3) is 0.562. The summed E-state index contributed by atoms with van der Waals surface area (Å²) in [4.78, 5) is 13.3. The highest BCUT2D eigenvalue weighted by Crippen LogP contribution is 2.33. The zero-order chi connectivity index (χ0) is 14.1. The normalized spacial score (nSPS) is 13.8. The molecule has 0 spiro atoms. The summed E-state index contributed by atoms with van der Waals surface area (Å²) in [5.41, 5.74) is 0. The van der Waals surface area contributed by atoms with Gasteiger partial charge in [0.25, 0.3) is 0 Å². The lowest BCUT2D eigenvalue weighted by Crippen LogP contribution is -2.27. The summed E-state index contributed by atoms with van der Waals surface area (Å²) in [7, 11) is 0. The van der Waals surface area contributed by atoms with Crippen LogP contribution in [-0.2, 0) is 9.53 Å². The summed E-state index contributed by atoms with van der Waals surface area (Å²) in [6.45, 7) is 6.56. The first-order valence-electron chi connectivity index (χ1n) is 7.11. The first-order chi connectivity index (χ1) is 9.22. The fourth-order valence-corrected chi connectivity index (χ4v) is 3.62. The van der Waals surface area contributed by atoms with Gasteiger partial charge in [-0.15, -0.1) is 11.8 Å². The first-order valence-corrected chi connectivity index (χ1v) is 7.99. The van der Waals surface area contributed by atoms with Gasteiger partial charge in [-0.3, -0.25) is 4.79 Å². The van der Waals surface area contributed by atoms with Crippen molar-refractivity contribution in [1.29, 1.82) is 0 Å². The van der Waals surface area contributed by atoms with Gasteiger partial charge in [0.15, 0.2) is 0 Å². The van der Waals surface area contributed by atoms with E-state index in [1.807, 2.05) is 25.1 Å². The van der Waals surface area contributed by atoms with Crippen LogP contribution in [0.25, 0.3) is 0 Å². The number of rotatable bonds is 8. The highest BCUT2D eigenvalue weighted by Gasteiger charge is 2.28. The van der Waals surface area contributed by atoms with Crippen LogP contribution in [0.5, 0.6) is 0 Å². The molecular weight excluding hydrogens is 256 g/mol. The summed E-state index contributed by atoms with van der Waals surface area (Å²) in [6.07, 6.45) is 2.96. The van der Waals surface area contributed by atoms with Crippen LogP contribution in [0.3, 0.4) is 0 Å². The average molecular weight is 280 g/mol. The number of hydrogen-bond donors (Lipinski definition) is 0. The molecule has 1 aromatic rings. The van der Waals surface area contributed by atoms with E-state index >= 15 is 0 Å². The lowest BCUT2D eigenvalue weighted by molar-refractivity contribution is -0.148. The second-order valence-electron chi connectivity index (χ2n) is 4.52. The third-order valence-electron chi connectivity index (χ3n) is 3.08. The van der Waals surface area contributed by atoms with Gasteiger partial charge in [-0.2, -0.15) is 0 Å². The van der Waals surface area contributed by atoms with Crippen LogP contribution < -0.4 is 0 Å². The minimum absolute atomic E-state index is 0.00916. The van der Waals surface area contributed by atoms with Gasteiger partial charge in [0, 0.05) is 10.1 Å². The van der Waals surface area contributed by atoms with Crippen molar-refractivity contribution in [2.75, 3.05) is 6.61 Å². The highest BCUT2D eigenvalue weighted by atomic mass is 32.2. The van der Waals surface area contributed by atoms with Crippen LogP contribution in [0.2, 0.25) is 0 Å². The molecule has 106 valence electrons. The predicted octanol–water partition coefficient (Wildman–Crippen LogP) is 4.54. The van der Waals surface area contributed by atoms with Gasteiger partial charge in [-0.1, -0.05) is 38.5 Å². The van der Waals surface area contributed by atoms with Crippen LogP contribution in [-0.4, -0.2) is 17.8 Å². The van der Waals surface area contributed by atoms with E-state index in [-0.39, 0.29) is 11.9 Å². The maximum Gasteiger partial charge on any atom is 0.310 e. The molecule has 0 aromatic heterocycles. The standard InChI is InChI=1S/C16H24O2S/c1-4-10-15(14(5-2)16(17)18-6-3)19-13-11-8-7-9-12-13/h7-9,11-12,14-15H,4-6,10H2,1-3H3. The smallest absolute Gasteiger partial charge is 0.310 e. The van der Waals surface area contributed by atoms with Crippen molar-refractivity contribution in [3.8, 4) is 0 Å². The third-order valence-corrected chi connectivity index (χ3v) is 4.49. The molecule has 0 saturated carbocycles. The molecule has 19 heavy (non-hydrogen) atoms. The van der Waals surface area contributed by atoms with E-state index in [4.69, 9.17) is 4.74 Å². The fourth-order valence-electron chi connectivity index (χ4n) is 2.13. The van der Waals surface area contributed by atoms with Gasteiger partial charge in [-0.05, 0) is 31.9 Å². The largest absolute Gasteiger partial charge is 0.466 e. The number of esters is 1. The Balaban J connectivity index is 2.76. The summed E-state index contributed by atoms with van der Waals surface area (Å²) in [5, 5.41) is 0.302. The molecule has 0 aliphatic carbocycles. The number of carbonyl (C=O) groups is 1. The van der Waals surface area contributed by atoms with Gasteiger partial charge >= 0.3 is 5.97 Å². The number of thioether (sulfide) groups is 1. The molecule has 0 radical (unpaired) electrons. The van der Waals surface area contributed by atoms with Gasteiger partial charge in [0.2, 0.25) is 0 Å². The van der Waals surface area contributed by atoms with E-state index in [0.717, 1.165) is 19.3 Å². The zero-order valence-electron chi connectivity index (χ0n) is 12.1. The van der Waals surface area contributed by atoms with Crippen LogP contribution >= 0.6 is 11.8 Å². The Bertz CT molecular complexity index is 364. The Kier molecular flexibility index (Phi) is 7.65. The number of benzene rings is 1. The van der Waals surface area contributed by atoms with Gasteiger partial charge in [-0.25, -0.2) is 0 Å². The Morgan fingerprint density at radius 1 is 1.21 bits per heavy atom. The van der Waals surface area contributed by atoms with Gasteiger partial charge in [0.05, 0.1) is 12.5 Å². The van der Waals surface area contributed by atoms with E-state index in [0.29, 0.717) is 11.9 Å². The zero-order valence-corrected chi connectivity index (χ0v) is 12.9. The Morgan fingerprint density at radius 3 is 2.42 bits per heavy atom. The summed E-state index contributed by atoms with van der Waals surface area (Å²) in [6, 6.07) is 10.3.